The maximum Gasteiger partial charge on any atom is 0.138 e. The monoisotopic (exact) mass is 326 g/mol. The van der Waals surface area contributed by atoms with Crippen LogP contribution in [0, 0.1) is 12.7 Å². The highest BCUT2D eigenvalue weighted by molar-refractivity contribution is 5.41. The summed E-state index contributed by atoms with van der Waals surface area (Å²) in [5, 5.41) is 16.6. The van der Waals surface area contributed by atoms with E-state index in [1.165, 1.54) is 12.4 Å². The van der Waals surface area contributed by atoms with Gasteiger partial charge >= 0.3 is 0 Å². The normalized spacial score (nSPS) is 11.0. The molecule has 0 radical (unpaired) electrons. The average molecular weight is 326 g/mol. The highest BCUT2D eigenvalue weighted by Crippen LogP contribution is 2.15. The largest absolute Gasteiger partial charge is 0.392 e. The van der Waals surface area contributed by atoms with Gasteiger partial charge in [0.25, 0.3) is 0 Å². The predicted molar refractivity (Wildman–Crippen MR) is 89.0 cm³/mol. The van der Waals surface area contributed by atoms with Gasteiger partial charge in [-0.3, -0.25) is 0 Å². The third-order valence-corrected chi connectivity index (χ3v) is 3.87. The van der Waals surface area contributed by atoms with E-state index in [0.29, 0.717) is 18.7 Å². The van der Waals surface area contributed by atoms with E-state index in [2.05, 4.69) is 21.5 Å². The summed E-state index contributed by atoms with van der Waals surface area (Å²) >= 11 is 0. The standard InChI is InChI=1S/C18H19FN4O/c1-13-6-14(3-5-18(13)23-12-21-11-22-23)8-20-9-15-2-4-17(19)16(7-15)10-24/h2-7,11-12,20,24H,8-10H2,1H3. The van der Waals surface area contributed by atoms with Crippen molar-refractivity contribution in [2.24, 2.45) is 0 Å². The van der Waals surface area contributed by atoms with Gasteiger partial charge in [0.05, 0.1) is 12.3 Å². The van der Waals surface area contributed by atoms with Crippen molar-refractivity contribution in [2.75, 3.05) is 0 Å². The Kier molecular flexibility index (Phi) is 4.98. The van der Waals surface area contributed by atoms with E-state index in [4.69, 9.17) is 5.11 Å². The molecule has 3 aromatic rings. The second-order valence-electron chi connectivity index (χ2n) is 5.65. The van der Waals surface area contributed by atoms with Crippen LogP contribution < -0.4 is 5.32 Å². The first-order valence-electron chi connectivity index (χ1n) is 7.71. The van der Waals surface area contributed by atoms with Crippen LogP contribution in [0.5, 0.6) is 0 Å². The van der Waals surface area contributed by atoms with Crippen molar-refractivity contribution in [3.63, 3.8) is 0 Å². The molecule has 0 unspecified atom stereocenters. The lowest BCUT2D eigenvalue weighted by atomic mass is 10.1. The minimum absolute atomic E-state index is 0.289. The van der Waals surface area contributed by atoms with Gasteiger partial charge in [-0.05, 0) is 41.8 Å². The molecule has 2 aromatic carbocycles. The molecule has 0 amide bonds. The molecule has 0 aliphatic carbocycles. The fraction of sp³-hybridized carbons (Fsp3) is 0.222. The van der Waals surface area contributed by atoms with E-state index in [1.807, 2.05) is 19.1 Å². The van der Waals surface area contributed by atoms with Crippen LogP contribution in [-0.2, 0) is 19.7 Å². The fourth-order valence-electron chi connectivity index (χ4n) is 2.63. The first-order chi connectivity index (χ1) is 11.7. The molecule has 0 saturated carbocycles. The number of nitrogens with one attached hydrogen (secondary N) is 1. The number of nitrogens with zero attached hydrogens (tertiary/aromatic N) is 3. The number of aromatic nitrogens is 3. The number of hydrogen-bond donors (Lipinski definition) is 2. The number of halogens is 1. The van der Waals surface area contributed by atoms with Gasteiger partial charge in [0.15, 0.2) is 0 Å². The summed E-state index contributed by atoms with van der Waals surface area (Å²) in [4.78, 5) is 3.96. The van der Waals surface area contributed by atoms with Crippen LogP contribution in [0.4, 0.5) is 4.39 Å². The van der Waals surface area contributed by atoms with Crippen LogP contribution >= 0.6 is 0 Å². The summed E-state index contributed by atoms with van der Waals surface area (Å²) in [6.07, 6.45) is 3.19. The lowest BCUT2D eigenvalue weighted by Crippen LogP contribution is -2.13. The first-order valence-corrected chi connectivity index (χ1v) is 7.71. The van der Waals surface area contributed by atoms with Crippen molar-refractivity contribution in [3.05, 3.63) is 77.1 Å². The Bertz CT molecular complexity index is 818. The second kappa shape index (κ2) is 7.33. The van der Waals surface area contributed by atoms with E-state index in [0.717, 1.165) is 22.4 Å². The van der Waals surface area contributed by atoms with Crippen LogP contribution in [0.3, 0.4) is 0 Å². The number of rotatable bonds is 6. The predicted octanol–water partition coefficient (Wildman–Crippen LogP) is 2.50. The third-order valence-electron chi connectivity index (χ3n) is 3.87. The molecular formula is C18H19FN4O. The van der Waals surface area contributed by atoms with E-state index in [1.54, 1.807) is 23.1 Å². The smallest absolute Gasteiger partial charge is 0.138 e. The third kappa shape index (κ3) is 3.67. The number of hydrogen-bond acceptors (Lipinski definition) is 4. The van der Waals surface area contributed by atoms with Crippen LogP contribution in [0.2, 0.25) is 0 Å². The Balaban J connectivity index is 1.62. The minimum Gasteiger partial charge on any atom is -0.392 e. The highest BCUT2D eigenvalue weighted by atomic mass is 19.1. The maximum atomic E-state index is 13.4. The van der Waals surface area contributed by atoms with E-state index < -0.39 is 0 Å². The topological polar surface area (TPSA) is 63.0 Å². The maximum absolute atomic E-state index is 13.4. The van der Waals surface area contributed by atoms with Crippen molar-refractivity contribution in [2.45, 2.75) is 26.6 Å². The number of aryl methyl sites for hydroxylation is 1. The molecule has 0 saturated heterocycles. The molecule has 0 fully saturated rings. The summed E-state index contributed by atoms with van der Waals surface area (Å²) in [5.74, 6) is -0.374. The van der Waals surface area contributed by atoms with Gasteiger partial charge in [-0.25, -0.2) is 14.1 Å². The Morgan fingerprint density at radius 1 is 1.12 bits per heavy atom. The summed E-state index contributed by atoms with van der Waals surface area (Å²) < 4.78 is 15.1. The zero-order chi connectivity index (χ0) is 16.9. The van der Waals surface area contributed by atoms with Crippen LogP contribution in [0.15, 0.2) is 49.1 Å². The Morgan fingerprint density at radius 3 is 2.54 bits per heavy atom. The molecule has 2 N–H and O–H groups in total. The zero-order valence-corrected chi connectivity index (χ0v) is 13.4. The van der Waals surface area contributed by atoms with E-state index >= 15 is 0 Å². The molecule has 3 rings (SSSR count). The van der Waals surface area contributed by atoms with Gasteiger partial charge in [-0.2, -0.15) is 5.10 Å². The van der Waals surface area contributed by atoms with Crippen molar-refractivity contribution in [1.29, 1.82) is 0 Å². The summed E-state index contributed by atoms with van der Waals surface area (Å²) in [7, 11) is 0. The zero-order valence-electron chi connectivity index (χ0n) is 13.4. The average Bonchev–Trinajstić information content (AvgIpc) is 3.11. The van der Waals surface area contributed by atoms with E-state index in [-0.39, 0.29) is 12.4 Å². The van der Waals surface area contributed by atoms with Crippen molar-refractivity contribution >= 4 is 0 Å². The quantitative estimate of drug-likeness (QED) is 0.730. The SMILES string of the molecule is Cc1cc(CNCc2ccc(F)c(CO)c2)ccc1-n1cncn1. The summed E-state index contributed by atoms with van der Waals surface area (Å²) in [5.41, 5.74) is 4.53. The molecule has 1 aromatic heterocycles. The molecule has 124 valence electrons. The number of benzene rings is 2. The van der Waals surface area contributed by atoms with Gasteiger partial charge in [0.2, 0.25) is 0 Å². The molecule has 0 aliphatic heterocycles. The molecule has 0 spiro atoms. The van der Waals surface area contributed by atoms with Crippen LogP contribution in [-0.4, -0.2) is 19.9 Å². The molecule has 0 atom stereocenters. The number of aliphatic hydroxyl groups excluding tert-OH is 1. The molecule has 5 nitrogen and oxygen atoms in total. The summed E-state index contributed by atoms with van der Waals surface area (Å²) in [6.45, 7) is 3.05. The lowest BCUT2D eigenvalue weighted by Gasteiger charge is -2.10. The van der Waals surface area contributed by atoms with E-state index in [9.17, 15) is 4.39 Å². The molecule has 0 bridgehead atoms. The molecule has 6 heteroatoms. The molecule has 1 heterocycles. The first kappa shape index (κ1) is 16.3. The van der Waals surface area contributed by atoms with Gasteiger partial charge in [0.1, 0.15) is 18.5 Å². The molecule has 0 aliphatic rings. The van der Waals surface area contributed by atoms with Crippen molar-refractivity contribution in [1.82, 2.24) is 20.1 Å². The van der Waals surface area contributed by atoms with Gasteiger partial charge in [0, 0.05) is 18.7 Å². The molecule has 24 heavy (non-hydrogen) atoms. The lowest BCUT2D eigenvalue weighted by molar-refractivity contribution is 0.275. The molecular weight excluding hydrogens is 307 g/mol. The Labute approximate surface area is 139 Å². The van der Waals surface area contributed by atoms with Crippen LogP contribution in [0.25, 0.3) is 5.69 Å². The Morgan fingerprint density at radius 2 is 1.88 bits per heavy atom. The Hall–Kier alpha value is -2.57. The van der Waals surface area contributed by atoms with Gasteiger partial charge in [-0.15, -0.1) is 0 Å². The van der Waals surface area contributed by atoms with Gasteiger partial charge in [-0.1, -0.05) is 18.2 Å². The van der Waals surface area contributed by atoms with Crippen molar-refractivity contribution < 1.29 is 9.50 Å². The minimum atomic E-state index is -0.374. The van der Waals surface area contributed by atoms with Crippen LogP contribution in [0.1, 0.15) is 22.3 Å². The summed E-state index contributed by atoms with van der Waals surface area (Å²) in [6, 6.07) is 11.0. The second-order valence-corrected chi connectivity index (χ2v) is 5.65. The van der Waals surface area contributed by atoms with Gasteiger partial charge < -0.3 is 10.4 Å². The fourth-order valence-corrected chi connectivity index (χ4v) is 2.63. The number of aliphatic hydroxyl groups is 1. The highest BCUT2D eigenvalue weighted by Gasteiger charge is 2.05. The van der Waals surface area contributed by atoms with Crippen molar-refractivity contribution in [3.8, 4) is 5.69 Å².